The predicted octanol–water partition coefficient (Wildman–Crippen LogP) is 5.35. The summed E-state index contributed by atoms with van der Waals surface area (Å²) >= 11 is 5.90. The van der Waals surface area contributed by atoms with E-state index in [0.717, 1.165) is 11.1 Å². The lowest BCUT2D eigenvalue weighted by Crippen LogP contribution is -2.58. The number of carbonyl (C=O) groups is 3. The normalized spacial score (nSPS) is 17.2. The molecule has 0 radical (unpaired) electrons. The van der Waals surface area contributed by atoms with E-state index in [1.54, 1.807) is 17.0 Å². The minimum absolute atomic E-state index is 0.0124. The lowest BCUT2D eigenvalue weighted by atomic mass is 9.73. The zero-order chi connectivity index (χ0) is 29.7. The van der Waals surface area contributed by atoms with Crippen molar-refractivity contribution in [3.05, 3.63) is 132 Å². The van der Waals surface area contributed by atoms with Gasteiger partial charge >= 0.3 is 11.9 Å². The fourth-order valence-corrected chi connectivity index (χ4v) is 6.23. The van der Waals surface area contributed by atoms with Crippen molar-refractivity contribution >= 4 is 35.2 Å². The van der Waals surface area contributed by atoms with Gasteiger partial charge in [-0.05, 0) is 53.0 Å². The third-order valence-corrected chi connectivity index (χ3v) is 8.03. The molecule has 4 aromatic carbocycles. The number of carbonyl (C=O) groups excluding carboxylic acids is 3. The maximum absolute atomic E-state index is 13.5. The molecule has 0 spiro atoms. The van der Waals surface area contributed by atoms with Crippen molar-refractivity contribution in [2.75, 3.05) is 14.2 Å². The van der Waals surface area contributed by atoms with Crippen molar-refractivity contribution in [3.63, 3.8) is 0 Å². The third kappa shape index (κ3) is 5.17. The van der Waals surface area contributed by atoms with Gasteiger partial charge in [0.05, 0.1) is 20.1 Å². The number of esters is 2. The van der Waals surface area contributed by atoms with Crippen LogP contribution in [0.5, 0.6) is 0 Å². The number of amides is 1. The van der Waals surface area contributed by atoms with Gasteiger partial charge in [0.1, 0.15) is 11.6 Å². The molecule has 4 aromatic rings. The number of methoxy groups -OCH3 is 2. The van der Waals surface area contributed by atoms with Crippen LogP contribution in [0.25, 0.3) is 11.1 Å². The molecule has 1 heterocycles. The van der Waals surface area contributed by atoms with Gasteiger partial charge in [0, 0.05) is 5.56 Å². The average Bonchev–Trinajstić information content (AvgIpc) is 3.42. The van der Waals surface area contributed by atoms with Gasteiger partial charge in [0.2, 0.25) is 0 Å². The Morgan fingerprint density at radius 1 is 0.714 bits per heavy atom. The summed E-state index contributed by atoms with van der Waals surface area (Å²) in [7, 11) is 2.60. The molecule has 8 heteroatoms. The quantitative estimate of drug-likeness (QED) is 0.244. The van der Waals surface area contributed by atoms with Gasteiger partial charge in [-0.25, -0.2) is 4.79 Å². The molecule has 7 nitrogen and oxygen atoms in total. The van der Waals surface area contributed by atoms with E-state index in [2.05, 4.69) is 5.32 Å². The number of nitrogens with one attached hydrogen (secondary N) is 1. The Hall–Kier alpha value is -4.82. The molecule has 42 heavy (non-hydrogen) atoms. The van der Waals surface area contributed by atoms with Crippen LogP contribution in [0.2, 0.25) is 0 Å². The minimum atomic E-state index is -1.28. The van der Waals surface area contributed by atoms with Crippen molar-refractivity contribution in [1.82, 2.24) is 10.2 Å². The van der Waals surface area contributed by atoms with Crippen LogP contribution in [0.1, 0.15) is 27.9 Å². The Kier molecular flexibility index (Phi) is 8.45. The number of hydrogen-bond donors (Lipinski definition) is 1. The maximum Gasteiger partial charge on any atom is 0.328 e. The molecule has 212 valence electrons. The Morgan fingerprint density at radius 2 is 1.19 bits per heavy atom. The fourth-order valence-electron chi connectivity index (χ4n) is 5.87. The van der Waals surface area contributed by atoms with Crippen LogP contribution in [-0.2, 0) is 24.6 Å². The van der Waals surface area contributed by atoms with Crippen LogP contribution in [-0.4, -0.2) is 48.1 Å². The summed E-state index contributed by atoms with van der Waals surface area (Å²) in [5.74, 6) is -2.39. The van der Waals surface area contributed by atoms with Crippen molar-refractivity contribution in [3.8, 4) is 11.1 Å². The van der Waals surface area contributed by atoms with E-state index in [0.29, 0.717) is 16.7 Å². The maximum atomic E-state index is 13.5. The van der Waals surface area contributed by atoms with Gasteiger partial charge < -0.3 is 14.4 Å². The van der Waals surface area contributed by atoms with Crippen molar-refractivity contribution in [2.45, 2.75) is 18.0 Å². The minimum Gasteiger partial charge on any atom is -0.469 e. The van der Waals surface area contributed by atoms with E-state index in [9.17, 15) is 14.4 Å². The first kappa shape index (κ1) is 28.7. The van der Waals surface area contributed by atoms with Crippen molar-refractivity contribution in [1.29, 1.82) is 0 Å². The second kappa shape index (κ2) is 12.4. The standard InChI is InChI=1S/C34H30N2O5S/c1-40-31(38)28-22-29(32(39)41-2)36(34(28,26-14-8-4-9-15-26)27-16-10-5-11-17-27)33(42)35-30(37)25-20-18-24(19-21-25)23-12-6-3-7-13-23/h3-21,28-29H,22H2,1-2H3,(H,35,37,42)/t28-,29+/m0/s1. The summed E-state index contributed by atoms with van der Waals surface area (Å²) in [5, 5.41) is 2.82. The highest BCUT2D eigenvalue weighted by atomic mass is 32.1. The summed E-state index contributed by atoms with van der Waals surface area (Å²) in [5.41, 5.74) is 2.52. The molecular weight excluding hydrogens is 548 g/mol. The van der Waals surface area contributed by atoms with Gasteiger partial charge in [-0.15, -0.1) is 0 Å². The first-order chi connectivity index (χ1) is 20.4. The molecule has 0 bridgehead atoms. The second-order valence-corrected chi connectivity index (χ2v) is 10.3. The van der Waals surface area contributed by atoms with Crippen LogP contribution < -0.4 is 5.32 Å². The van der Waals surface area contributed by atoms with Crippen LogP contribution in [0, 0.1) is 5.92 Å². The largest absolute Gasteiger partial charge is 0.469 e. The molecule has 1 aliphatic rings. The molecule has 0 saturated carbocycles. The van der Waals surface area contributed by atoms with E-state index in [4.69, 9.17) is 21.7 Å². The molecular formula is C34H30N2O5S. The third-order valence-electron chi connectivity index (χ3n) is 7.74. The van der Waals surface area contributed by atoms with E-state index in [1.807, 2.05) is 103 Å². The number of thiocarbonyl (C=S) groups is 1. The Bertz CT molecular complexity index is 1540. The average molecular weight is 579 g/mol. The van der Waals surface area contributed by atoms with E-state index < -0.39 is 35.3 Å². The molecule has 0 aliphatic carbocycles. The summed E-state index contributed by atoms with van der Waals surface area (Å²) in [6.45, 7) is 0. The first-order valence-corrected chi connectivity index (χ1v) is 13.9. The van der Waals surface area contributed by atoms with Gasteiger partial charge in [-0.1, -0.05) is 103 Å². The molecule has 0 unspecified atom stereocenters. The summed E-state index contributed by atoms with van der Waals surface area (Å²) in [6, 6.07) is 34.7. The SMILES string of the molecule is COC(=O)[C@H]1C[C@@H](C(=O)OC)C(c2ccccc2)(c2ccccc2)N1C(=S)NC(=O)c1ccc(-c2ccccc2)cc1. The predicted molar refractivity (Wildman–Crippen MR) is 163 cm³/mol. The summed E-state index contributed by atoms with van der Waals surface area (Å²) in [6.07, 6.45) is 0.0604. The highest BCUT2D eigenvalue weighted by Crippen LogP contribution is 2.52. The number of likely N-dealkylation sites (tertiary alicyclic amines) is 1. The smallest absolute Gasteiger partial charge is 0.328 e. The molecule has 1 saturated heterocycles. The topological polar surface area (TPSA) is 84.9 Å². The highest BCUT2D eigenvalue weighted by molar-refractivity contribution is 7.80. The molecule has 1 N–H and O–H groups in total. The van der Waals surface area contributed by atoms with Crippen LogP contribution in [0.3, 0.4) is 0 Å². The van der Waals surface area contributed by atoms with Gasteiger partial charge in [0.15, 0.2) is 5.11 Å². The van der Waals surface area contributed by atoms with Crippen LogP contribution in [0.4, 0.5) is 0 Å². The van der Waals surface area contributed by atoms with Crippen LogP contribution in [0.15, 0.2) is 115 Å². The van der Waals surface area contributed by atoms with Crippen LogP contribution >= 0.6 is 12.2 Å². The number of ether oxygens (including phenoxy) is 2. The lowest BCUT2D eigenvalue weighted by Gasteiger charge is -2.44. The number of rotatable bonds is 6. The number of benzene rings is 4. The molecule has 0 aromatic heterocycles. The van der Waals surface area contributed by atoms with E-state index in [1.165, 1.54) is 14.2 Å². The van der Waals surface area contributed by atoms with Crippen molar-refractivity contribution < 1.29 is 23.9 Å². The Balaban J connectivity index is 1.59. The zero-order valence-electron chi connectivity index (χ0n) is 23.2. The van der Waals surface area contributed by atoms with Gasteiger partial charge in [-0.3, -0.25) is 14.9 Å². The second-order valence-electron chi connectivity index (χ2n) is 9.92. The summed E-state index contributed by atoms with van der Waals surface area (Å²) < 4.78 is 10.5. The van der Waals surface area contributed by atoms with E-state index >= 15 is 0 Å². The monoisotopic (exact) mass is 578 g/mol. The number of hydrogen-bond acceptors (Lipinski definition) is 6. The Labute approximate surface area is 250 Å². The van der Waals surface area contributed by atoms with E-state index in [-0.39, 0.29) is 11.5 Å². The van der Waals surface area contributed by atoms with Gasteiger partial charge in [-0.2, -0.15) is 0 Å². The molecule has 5 rings (SSSR count). The lowest BCUT2D eigenvalue weighted by molar-refractivity contribution is -0.147. The zero-order valence-corrected chi connectivity index (χ0v) is 24.0. The molecule has 2 atom stereocenters. The first-order valence-electron chi connectivity index (χ1n) is 13.5. The van der Waals surface area contributed by atoms with Crippen molar-refractivity contribution in [2.24, 2.45) is 5.92 Å². The molecule has 1 aliphatic heterocycles. The fraction of sp³-hybridized carbons (Fsp3) is 0.176. The molecule has 1 amide bonds. The number of nitrogens with zero attached hydrogens (tertiary/aromatic N) is 1. The van der Waals surface area contributed by atoms with Gasteiger partial charge in [0.25, 0.3) is 5.91 Å². The summed E-state index contributed by atoms with van der Waals surface area (Å²) in [4.78, 5) is 41.9. The molecule has 1 fully saturated rings. The highest BCUT2D eigenvalue weighted by Gasteiger charge is 2.61. The Morgan fingerprint density at radius 3 is 1.69 bits per heavy atom.